The van der Waals surface area contributed by atoms with Crippen LogP contribution in [-0.4, -0.2) is 340 Å². The number of carbonyl (C=O) groups excluding carboxylic acids is 19. The molecule has 0 aliphatic heterocycles. The first-order valence-corrected chi connectivity index (χ1v) is 46.3. The molecule has 1 rings (SSSR count). The number of amides is 19. The van der Waals surface area contributed by atoms with Crippen molar-refractivity contribution in [3.63, 3.8) is 0 Å². The lowest BCUT2D eigenvalue weighted by molar-refractivity contribution is -0.142. The Morgan fingerprint density at radius 2 is 0.571 bits per heavy atom. The van der Waals surface area contributed by atoms with Gasteiger partial charge in [-0.25, -0.2) is 9.78 Å². The number of hydrogen-bond donors (Lipinski definition) is 37. The third kappa shape index (κ3) is 57.4. The van der Waals surface area contributed by atoms with Crippen LogP contribution in [-0.2, 0) is 102 Å². The Labute approximate surface area is 810 Å². The number of aromatic amines is 1. The van der Waals surface area contributed by atoms with Gasteiger partial charge in [0.05, 0.1) is 71.0 Å². The second-order valence-electron chi connectivity index (χ2n) is 32.9. The summed E-state index contributed by atoms with van der Waals surface area (Å²) in [5.74, 6) is -19.5. The topological polar surface area (TPSA) is 981 Å². The molecule has 19 amide bonds. The van der Waals surface area contributed by atoms with Gasteiger partial charge in [-0.05, 0) is 187 Å². The fourth-order valence-corrected chi connectivity index (χ4v) is 13.0. The van der Waals surface area contributed by atoms with Crippen LogP contribution in [0.5, 0.6) is 0 Å². The number of aromatic nitrogens is 2. The van der Waals surface area contributed by atoms with Crippen molar-refractivity contribution in [2.75, 3.05) is 111 Å². The lowest BCUT2D eigenvalue weighted by atomic mass is 10.0. The zero-order valence-electron chi connectivity index (χ0n) is 79.6. The van der Waals surface area contributed by atoms with Crippen molar-refractivity contribution in [3.05, 3.63) is 18.2 Å². The predicted octanol–water partition coefficient (Wildman–Crippen LogP) is -14.9. The summed E-state index contributed by atoms with van der Waals surface area (Å²) in [4.78, 5) is 275. The maximum Gasteiger partial charge on any atom is 0.326 e. The van der Waals surface area contributed by atoms with Gasteiger partial charge < -0.3 is 184 Å². The second kappa shape index (κ2) is 72.5. The molecule has 0 saturated heterocycles. The molecule has 58 nitrogen and oxygen atoms in total. The van der Waals surface area contributed by atoms with Crippen LogP contribution in [0.15, 0.2) is 12.5 Å². The van der Waals surface area contributed by atoms with E-state index in [4.69, 9.17) is 72.9 Å². The highest BCUT2D eigenvalue weighted by atomic mass is 16.4. The minimum absolute atomic E-state index is 0.00284. The number of hydrogen-bond acceptors (Lipinski definition) is 31. The normalized spacial score (nSPS) is 13.4. The van der Waals surface area contributed by atoms with Gasteiger partial charge in [0, 0.05) is 32.3 Å². The van der Waals surface area contributed by atoms with E-state index >= 15 is 0 Å². The average molecular weight is 1990 g/mol. The van der Waals surface area contributed by atoms with Crippen molar-refractivity contribution < 1.29 is 106 Å². The number of nitrogens with zero attached hydrogens (tertiary/aromatic N) is 1. The van der Waals surface area contributed by atoms with Crippen LogP contribution in [0.25, 0.3) is 0 Å². The van der Waals surface area contributed by atoms with Crippen molar-refractivity contribution in [1.82, 2.24) is 127 Å². The number of rotatable bonds is 76. The third-order valence-electron chi connectivity index (χ3n) is 20.5. The van der Waals surface area contributed by atoms with Crippen molar-refractivity contribution in [2.24, 2.45) is 57.5 Å². The maximum absolute atomic E-state index is 14.5. The first-order chi connectivity index (χ1) is 66.5. The van der Waals surface area contributed by atoms with Crippen LogP contribution in [0, 0.1) is 22.1 Å². The molecule has 58 heteroatoms. The van der Waals surface area contributed by atoms with Gasteiger partial charge in [0.1, 0.15) is 72.5 Å². The largest absolute Gasteiger partial charge is 0.480 e. The van der Waals surface area contributed by atoms with Gasteiger partial charge in [-0.2, -0.15) is 0 Å². The Morgan fingerprint density at radius 3 is 0.871 bits per heavy atom. The van der Waals surface area contributed by atoms with E-state index in [0.717, 1.165) is 0 Å². The molecule has 1 aromatic rings. The molecule has 140 heavy (non-hydrogen) atoms. The van der Waals surface area contributed by atoms with Crippen molar-refractivity contribution in [1.29, 1.82) is 16.2 Å². The van der Waals surface area contributed by atoms with Crippen LogP contribution in [0.1, 0.15) is 168 Å². The van der Waals surface area contributed by atoms with E-state index in [1.807, 2.05) is 0 Å². The highest BCUT2D eigenvalue weighted by Crippen LogP contribution is 2.13. The molecule has 0 spiro atoms. The summed E-state index contributed by atoms with van der Waals surface area (Å²) in [6.07, 6.45) is 6.09. The second-order valence-corrected chi connectivity index (χ2v) is 32.9. The van der Waals surface area contributed by atoms with Gasteiger partial charge in [-0.1, -0.05) is 13.8 Å². The molecular formula is C82H150N36O22. The molecule has 0 fully saturated rings. The number of carbonyl (C=O) groups is 20. The molecule has 0 unspecified atom stereocenters. The zero-order chi connectivity index (χ0) is 105. The zero-order valence-corrected chi connectivity index (χ0v) is 79.6. The summed E-state index contributed by atoms with van der Waals surface area (Å²) >= 11 is 0. The van der Waals surface area contributed by atoms with Crippen LogP contribution < -0.4 is 169 Å². The van der Waals surface area contributed by atoms with E-state index in [9.17, 15) is 101 Å². The smallest absolute Gasteiger partial charge is 0.326 e. The van der Waals surface area contributed by atoms with Crippen LogP contribution in [0.2, 0.25) is 0 Å². The van der Waals surface area contributed by atoms with Gasteiger partial charge in [-0.3, -0.25) is 107 Å². The summed E-state index contributed by atoms with van der Waals surface area (Å²) in [7, 11) is 0. The number of aliphatic carboxylic acids is 1. The highest BCUT2D eigenvalue weighted by Gasteiger charge is 2.36. The molecule has 790 valence electrons. The lowest BCUT2D eigenvalue weighted by Gasteiger charge is -2.27. The van der Waals surface area contributed by atoms with Gasteiger partial charge in [0.15, 0.2) is 17.9 Å². The van der Waals surface area contributed by atoms with E-state index in [1.165, 1.54) is 19.4 Å². The van der Waals surface area contributed by atoms with Crippen LogP contribution >= 0.6 is 0 Å². The molecular weight excluding hydrogens is 1840 g/mol. The number of nitrogens with one attached hydrogen (secondary N) is 26. The third-order valence-corrected chi connectivity index (χ3v) is 20.5. The molecule has 0 aliphatic carbocycles. The van der Waals surface area contributed by atoms with E-state index in [1.54, 1.807) is 13.8 Å². The number of aliphatic hydroxyl groups is 1. The van der Waals surface area contributed by atoms with Crippen LogP contribution in [0.4, 0.5) is 0 Å². The minimum Gasteiger partial charge on any atom is -0.480 e. The Morgan fingerprint density at radius 1 is 0.314 bits per heavy atom. The fraction of sp³-hybridized carbons (Fsp3) is 0.683. The lowest BCUT2D eigenvalue weighted by Crippen LogP contribution is -2.60. The van der Waals surface area contributed by atoms with Crippen molar-refractivity contribution in [3.8, 4) is 0 Å². The number of nitrogens with two attached hydrogens (primary N) is 9. The van der Waals surface area contributed by atoms with Gasteiger partial charge in [0.25, 0.3) is 0 Å². The van der Waals surface area contributed by atoms with Crippen molar-refractivity contribution in [2.45, 2.75) is 241 Å². The summed E-state index contributed by atoms with van der Waals surface area (Å²) < 4.78 is 0. The molecule has 1 aromatic heterocycles. The average Bonchev–Trinajstić information content (AvgIpc) is 1.29. The molecule has 0 saturated carbocycles. The summed E-state index contributed by atoms with van der Waals surface area (Å²) in [5, 5.41) is 95.6. The number of unbranched alkanes of at least 4 members (excludes halogenated alkanes) is 5. The molecule has 1 heterocycles. The number of H-pyrrole nitrogens is 1. The number of carboxylic acids is 1. The van der Waals surface area contributed by atoms with Gasteiger partial charge >= 0.3 is 5.97 Å². The number of aliphatic hydroxyl groups excluding tert-OH is 1. The van der Waals surface area contributed by atoms with Crippen LogP contribution in [0.3, 0.4) is 0 Å². The SMILES string of the molecule is CC(C)C[C@H](NC(=O)CNC(=O)[C@H](CCCCN)NC(=O)CNC(=O)CNC(=O)[C@H](CCCCN)NC(=O)CNC(=O)[C@H](CCCNC(=N)N)NC(=O)CNC(=O)[C@@H](N)CO)C(=O)NCC(=O)N[C@@H](CCCCN)C(=O)NCC(=O)NCC(=O)N[C@@H](C)C(=O)N[C@@H](CCCCN)C(=O)N[C@@H](CCCNC(=N)N)C(=O)N[C@@H](Cc1c[nH]cn1)C(=O)N[C@@H](CCCNC(=N)N)C(=O)N[C@@H](CCCCN)C(=O)O. The number of carboxylic acid groups (broad SMARTS) is 1. The Balaban J connectivity index is 3.11. The molecule has 46 N–H and O–H groups in total. The molecule has 0 bridgehead atoms. The van der Waals surface area contributed by atoms with Crippen molar-refractivity contribution >= 4 is 136 Å². The molecule has 0 aromatic carbocycles. The minimum atomic E-state index is -1.53. The Kier molecular flexibility index (Phi) is 64.3. The summed E-state index contributed by atoms with van der Waals surface area (Å²) in [6, 6.07) is -16.3. The standard InChI is InChI=1S/C82H150N36O22/c1-46(2)33-58(113-67(127)43-105-72(132)52(19-6-11-27-85)109-63(123)39-100-61(121)37-103-70(130)50(17-4-9-25-83)110-65(125)41-104-73(133)53(22-14-30-96-80(89)90)112-64(124)40-101-69(129)49(88)44-119)74(134)106-42-66(126)111-51(18-5-10-26-84)71(131)102-36-60(120)99-38-62(122)108-47(3)68(128)114-54(20-7-12-28-86)75(135)115-56(24-16-32-98-82(93)94)77(137)118-59(34-48-35-95-45-107-48)78(138)116-55(23-15-31-97-81(91)92)76(136)117-57(79(139)140)21-8-13-29-87/h35,45-47,49-59,119H,4-34,36-44,83-88H2,1-3H3,(H,95,107)(H,99,120)(H,100,121)(H,101,129)(H,102,131)(H,103,130)(H,104,133)(H,105,132)(H,106,134)(H,108,122)(H,109,123)(H,110,125)(H,111,126)(H,112,124)(H,113,127)(H,114,128)(H,115,135)(H,116,138)(H,117,136)(H,118,137)(H,139,140)(H4,89,90,96)(H4,91,92,97)(H4,93,94,98)/t47-,49-,50-,51-,52-,53-,54-,55-,56-,57-,58-,59-/m0/s1. The predicted molar refractivity (Wildman–Crippen MR) is 507 cm³/mol. The molecule has 0 radical (unpaired) electrons. The van der Waals surface area contributed by atoms with Gasteiger partial charge in [0.2, 0.25) is 112 Å². The molecule has 12 atom stereocenters. The monoisotopic (exact) mass is 1990 g/mol. The Bertz CT molecular complexity index is 4150. The van der Waals surface area contributed by atoms with E-state index in [2.05, 4.69) is 127 Å². The number of guanidine groups is 3. The Hall–Kier alpha value is -13.9. The van der Waals surface area contributed by atoms with E-state index in [-0.39, 0.29) is 166 Å². The summed E-state index contributed by atoms with van der Waals surface area (Å²) in [5.41, 5.74) is 50.4. The maximum atomic E-state index is 14.5. The highest BCUT2D eigenvalue weighted by molar-refractivity contribution is 6.00. The fourth-order valence-electron chi connectivity index (χ4n) is 13.0. The van der Waals surface area contributed by atoms with E-state index < -0.39 is 256 Å². The quantitative estimate of drug-likeness (QED) is 0.0164. The summed E-state index contributed by atoms with van der Waals surface area (Å²) in [6.45, 7) is -0.413. The van der Waals surface area contributed by atoms with Gasteiger partial charge in [-0.15, -0.1) is 0 Å². The number of imidazole rings is 1. The van der Waals surface area contributed by atoms with E-state index in [0.29, 0.717) is 57.8 Å². The first kappa shape index (κ1) is 124. The molecule has 0 aliphatic rings. The first-order valence-electron chi connectivity index (χ1n) is 46.3.